The second-order valence-electron chi connectivity index (χ2n) is 4.24. The molecule has 0 saturated heterocycles. The van der Waals surface area contributed by atoms with E-state index in [-0.39, 0.29) is 0 Å². The van der Waals surface area contributed by atoms with E-state index in [9.17, 15) is 0 Å². The fraction of sp³-hybridized carbons (Fsp3) is 0.583. The first-order valence-corrected chi connectivity index (χ1v) is 5.54. The Morgan fingerprint density at radius 1 is 1.53 bits per heavy atom. The van der Waals surface area contributed by atoms with Crippen molar-refractivity contribution < 1.29 is 0 Å². The van der Waals surface area contributed by atoms with Gasteiger partial charge in [-0.1, -0.05) is 26.0 Å². The molecular weight excluding hydrogens is 186 g/mol. The molecule has 0 aliphatic carbocycles. The Labute approximate surface area is 92.2 Å². The van der Waals surface area contributed by atoms with Crippen molar-refractivity contribution in [1.29, 1.82) is 0 Å². The first-order valence-electron chi connectivity index (χ1n) is 5.54. The first-order chi connectivity index (χ1) is 7.18. The topological polar surface area (TPSA) is 29.9 Å². The number of aryl methyl sites for hydroxylation is 1. The largest absolute Gasteiger partial charge is 0.316 e. The lowest BCUT2D eigenvalue weighted by Gasteiger charge is -2.04. The number of hydrogen-bond donors (Lipinski definition) is 1. The minimum Gasteiger partial charge on any atom is -0.316 e. The van der Waals surface area contributed by atoms with E-state index in [4.69, 9.17) is 0 Å². The van der Waals surface area contributed by atoms with E-state index >= 15 is 0 Å². The third-order valence-electron chi connectivity index (χ3n) is 2.08. The lowest BCUT2D eigenvalue weighted by atomic mass is 10.2. The quantitative estimate of drug-likeness (QED) is 0.724. The maximum absolute atomic E-state index is 4.10. The molecule has 0 radical (unpaired) electrons. The summed E-state index contributed by atoms with van der Waals surface area (Å²) in [4.78, 5) is 0. The van der Waals surface area contributed by atoms with Gasteiger partial charge in [0.15, 0.2) is 0 Å². The summed E-state index contributed by atoms with van der Waals surface area (Å²) in [6, 6.07) is 0. The number of aromatic nitrogens is 2. The second kappa shape index (κ2) is 6.40. The van der Waals surface area contributed by atoms with Gasteiger partial charge in [0.2, 0.25) is 0 Å². The van der Waals surface area contributed by atoms with E-state index < -0.39 is 0 Å². The monoisotopic (exact) mass is 207 g/mol. The third-order valence-corrected chi connectivity index (χ3v) is 2.08. The van der Waals surface area contributed by atoms with Crippen LogP contribution < -0.4 is 5.32 Å². The van der Waals surface area contributed by atoms with Crippen molar-refractivity contribution in [1.82, 2.24) is 15.1 Å². The molecule has 0 atom stereocenters. The van der Waals surface area contributed by atoms with Crippen molar-refractivity contribution in [3.8, 4) is 0 Å². The summed E-state index contributed by atoms with van der Waals surface area (Å²) in [7, 11) is 1.93. The standard InChI is InChI=1S/C12H21N3/c1-11(2)8-13-7-5-4-6-12-9-14-15(3)10-12/h4,6,9-11,13H,5,7-8H2,1-3H3. The van der Waals surface area contributed by atoms with Crippen LogP contribution in [0, 0.1) is 5.92 Å². The first kappa shape index (κ1) is 12.0. The molecule has 0 amide bonds. The molecule has 0 fully saturated rings. The van der Waals surface area contributed by atoms with Gasteiger partial charge in [0, 0.05) is 18.8 Å². The zero-order valence-electron chi connectivity index (χ0n) is 9.90. The van der Waals surface area contributed by atoms with Crippen molar-refractivity contribution in [3.63, 3.8) is 0 Å². The van der Waals surface area contributed by atoms with Gasteiger partial charge < -0.3 is 5.32 Å². The van der Waals surface area contributed by atoms with Gasteiger partial charge in [-0.05, 0) is 25.4 Å². The Kier molecular flexibility index (Phi) is 5.12. The van der Waals surface area contributed by atoms with Crippen molar-refractivity contribution in [2.45, 2.75) is 20.3 Å². The molecule has 0 aliphatic heterocycles. The Balaban J connectivity index is 2.12. The van der Waals surface area contributed by atoms with Gasteiger partial charge in [0.1, 0.15) is 0 Å². The molecule has 1 N–H and O–H groups in total. The van der Waals surface area contributed by atoms with Crippen molar-refractivity contribution in [3.05, 3.63) is 24.0 Å². The summed E-state index contributed by atoms with van der Waals surface area (Å²) in [6.45, 7) is 6.59. The molecule has 1 aromatic heterocycles. The van der Waals surface area contributed by atoms with Crippen LogP contribution in [0.5, 0.6) is 0 Å². The van der Waals surface area contributed by atoms with E-state index in [1.165, 1.54) is 5.56 Å². The van der Waals surface area contributed by atoms with E-state index in [0.29, 0.717) is 0 Å². The molecule has 1 heterocycles. The van der Waals surface area contributed by atoms with Gasteiger partial charge in [-0.25, -0.2) is 0 Å². The Hall–Kier alpha value is -1.09. The van der Waals surface area contributed by atoms with Crippen LogP contribution in [-0.4, -0.2) is 22.9 Å². The summed E-state index contributed by atoms with van der Waals surface area (Å²) in [5, 5.41) is 7.51. The van der Waals surface area contributed by atoms with Crippen molar-refractivity contribution in [2.75, 3.05) is 13.1 Å². The zero-order chi connectivity index (χ0) is 11.1. The maximum atomic E-state index is 4.10. The van der Waals surface area contributed by atoms with Crippen LogP contribution in [0.2, 0.25) is 0 Å². The molecule has 3 nitrogen and oxygen atoms in total. The van der Waals surface area contributed by atoms with Crippen LogP contribution in [0.15, 0.2) is 18.5 Å². The zero-order valence-corrected chi connectivity index (χ0v) is 9.90. The molecule has 0 aliphatic rings. The highest BCUT2D eigenvalue weighted by atomic mass is 15.2. The SMILES string of the molecule is CC(C)CNCCC=Cc1cnn(C)c1. The van der Waals surface area contributed by atoms with Crippen LogP contribution >= 0.6 is 0 Å². The van der Waals surface area contributed by atoms with Crippen LogP contribution in [0.4, 0.5) is 0 Å². The van der Waals surface area contributed by atoms with Crippen LogP contribution in [0.1, 0.15) is 25.8 Å². The minimum absolute atomic E-state index is 0.729. The smallest absolute Gasteiger partial charge is 0.0562 e. The summed E-state index contributed by atoms with van der Waals surface area (Å²) >= 11 is 0. The number of rotatable bonds is 6. The maximum Gasteiger partial charge on any atom is 0.0562 e. The predicted molar refractivity (Wildman–Crippen MR) is 64.6 cm³/mol. The molecule has 0 aromatic carbocycles. The lowest BCUT2D eigenvalue weighted by Crippen LogP contribution is -2.20. The van der Waals surface area contributed by atoms with Gasteiger partial charge in [-0.15, -0.1) is 0 Å². The van der Waals surface area contributed by atoms with E-state index in [0.717, 1.165) is 25.4 Å². The molecule has 0 unspecified atom stereocenters. The van der Waals surface area contributed by atoms with Crippen LogP contribution in [0.25, 0.3) is 6.08 Å². The van der Waals surface area contributed by atoms with Crippen LogP contribution in [0.3, 0.4) is 0 Å². The Morgan fingerprint density at radius 3 is 2.93 bits per heavy atom. The lowest BCUT2D eigenvalue weighted by molar-refractivity contribution is 0.557. The Bertz CT molecular complexity index is 300. The number of nitrogens with one attached hydrogen (secondary N) is 1. The summed E-state index contributed by atoms with van der Waals surface area (Å²) in [5.74, 6) is 0.729. The second-order valence-corrected chi connectivity index (χ2v) is 4.24. The molecule has 3 heteroatoms. The van der Waals surface area contributed by atoms with E-state index in [1.54, 1.807) is 0 Å². The molecule has 0 saturated carbocycles. The highest BCUT2D eigenvalue weighted by molar-refractivity contribution is 5.46. The summed E-state index contributed by atoms with van der Waals surface area (Å²) in [5.41, 5.74) is 1.17. The van der Waals surface area contributed by atoms with Crippen LogP contribution in [-0.2, 0) is 7.05 Å². The normalized spacial score (nSPS) is 11.7. The van der Waals surface area contributed by atoms with Gasteiger partial charge in [0.25, 0.3) is 0 Å². The third kappa shape index (κ3) is 5.37. The number of hydrogen-bond acceptors (Lipinski definition) is 2. The van der Waals surface area contributed by atoms with Gasteiger partial charge in [0.05, 0.1) is 6.20 Å². The molecular formula is C12H21N3. The average molecular weight is 207 g/mol. The molecule has 0 bridgehead atoms. The summed E-state index contributed by atoms with van der Waals surface area (Å²) < 4.78 is 1.82. The van der Waals surface area contributed by atoms with Crippen molar-refractivity contribution >= 4 is 6.08 Å². The molecule has 15 heavy (non-hydrogen) atoms. The minimum atomic E-state index is 0.729. The Morgan fingerprint density at radius 2 is 2.33 bits per heavy atom. The molecule has 84 valence electrons. The van der Waals surface area contributed by atoms with Gasteiger partial charge >= 0.3 is 0 Å². The van der Waals surface area contributed by atoms with Crippen molar-refractivity contribution in [2.24, 2.45) is 13.0 Å². The molecule has 0 spiro atoms. The van der Waals surface area contributed by atoms with Gasteiger partial charge in [-0.2, -0.15) is 5.10 Å². The fourth-order valence-corrected chi connectivity index (χ4v) is 1.32. The molecule has 1 aromatic rings. The number of nitrogens with zero attached hydrogens (tertiary/aromatic N) is 2. The van der Waals surface area contributed by atoms with E-state index in [2.05, 4.69) is 36.4 Å². The fourth-order valence-electron chi connectivity index (χ4n) is 1.32. The highest BCUT2D eigenvalue weighted by Gasteiger charge is 1.91. The highest BCUT2D eigenvalue weighted by Crippen LogP contribution is 1.99. The van der Waals surface area contributed by atoms with E-state index in [1.807, 2.05) is 24.1 Å². The summed E-state index contributed by atoms with van der Waals surface area (Å²) in [6.07, 6.45) is 9.26. The predicted octanol–water partition coefficient (Wildman–Crippen LogP) is 2.07. The van der Waals surface area contributed by atoms with Gasteiger partial charge in [-0.3, -0.25) is 4.68 Å². The average Bonchev–Trinajstić information content (AvgIpc) is 2.57. The molecule has 1 rings (SSSR count).